The van der Waals surface area contributed by atoms with Crippen LogP contribution in [0, 0.1) is 12.3 Å². The van der Waals surface area contributed by atoms with Crippen LogP contribution in [-0.2, 0) is 9.47 Å². The molecule has 1 saturated heterocycles. The molecule has 0 N–H and O–H groups in total. The van der Waals surface area contributed by atoms with E-state index in [1.165, 1.54) is 0 Å². The maximum absolute atomic E-state index is 5.29. The van der Waals surface area contributed by atoms with Gasteiger partial charge in [0.2, 0.25) is 0 Å². The molecule has 0 spiro atoms. The Bertz CT molecular complexity index is 153. The van der Waals surface area contributed by atoms with Crippen LogP contribution in [-0.4, -0.2) is 44.5 Å². The number of hydrogen-bond acceptors (Lipinski definition) is 3. The minimum absolute atomic E-state index is 0.134. The van der Waals surface area contributed by atoms with Gasteiger partial charge in [-0.1, -0.05) is 5.92 Å². The summed E-state index contributed by atoms with van der Waals surface area (Å²) < 4.78 is 10.5. The molecule has 0 bridgehead atoms. The smallest absolute Gasteiger partial charge is 0.171 e. The van der Waals surface area contributed by atoms with E-state index in [1.807, 2.05) is 7.05 Å². The van der Waals surface area contributed by atoms with Gasteiger partial charge in [0.25, 0.3) is 0 Å². The molecule has 62 valence electrons. The Labute approximate surface area is 67.3 Å². The number of morpholine rings is 1. The Morgan fingerprint density at radius 1 is 1.82 bits per heavy atom. The highest BCUT2D eigenvalue weighted by Crippen LogP contribution is 2.03. The second-order valence-electron chi connectivity index (χ2n) is 2.58. The first-order valence-electron chi connectivity index (χ1n) is 3.68. The minimum Gasteiger partial charge on any atom is -0.350 e. The summed E-state index contributed by atoms with van der Waals surface area (Å²) >= 11 is 0. The number of hydrogen-bond donors (Lipinski definition) is 0. The summed E-state index contributed by atoms with van der Waals surface area (Å²) in [6.07, 6.45) is 4.90. The molecule has 0 radical (unpaired) electrons. The average Bonchev–Trinajstić information content (AvgIpc) is 2.01. The fourth-order valence-electron chi connectivity index (χ4n) is 0.980. The quantitative estimate of drug-likeness (QED) is 0.521. The van der Waals surface area contributed by atoms with Crippen molar-refractivity contribution < 1.29 is 9.47 Å². The monoisotopic (exact) mass is 155 g/mol. The lowest BCUT2D eigenvalue weighted by atomic mass is 10.4. The lowest BCUT2D eigenvalue weighted by Crippen LogP contribution is -2.41. The van der Waals surface area contributed by atoms with Crippen LogP contribution in [0.2, 0.25) is 0 Å². The van der Waals surface area contributed by atoms with Crippen LogP contribution in [0.4, 0.5) is 0 Å². The van der Waals surface area contributed by atoms with E-state index in [9.17, 15) is 0 Å². The van der Waals surface area contributed by atoms with Crippen molar-refractivity contribution in [2.75, 3.05) is 33.4 Å². The fraction of sp³-hybridized carbons (Fsp3) is 0.750. The van der Waals surface area contributed by atoms with Gasteiger partial charge in [-0.3, -0.25) is 4.90 Å². The molecule has 3 nitrogen and oxygen atoms in total. The second kappa shape index (κ2) is 4.35. The molecule has 3 heteroatoms. The van der Waals surface area contributed by atoms with Gasteiger partial charge in [-0.15, -0.1) is 6.42 Å². The van der Waals surface area contributed by atoms with Gasteiger partial charge >= 0.3 is 0 Å². The highest BCUT2D eigenvalue weighted by molar-refractivity contribution is 4.83. The third kappa shape index (κ3) is 2.89. The Hall–Kier alpha value is -0.560. The van der Waals surface area contributed by atoms with Crippen molar-refractivity contribution in [1.29, 1.82) is 0 Å². The van der Waals surface area contributed by atoms with Gasteiger partial charge in [-0.05, 0) is 7.05 Å². The molecule has 0 saturated carbocycles. The molecule has 0 amide bonds. The van der Waals surface area contributed by atoms with E-state index in [-0.39, 0.29) is 6.29 Å². The van der Waals surface area contributed by atoms with Crippen molar-refractivity contribution in [3.63, 3.8) is 0 Å². The summed E-state index contributed by atoms with van der Waals surface area (Å²) in [6.45, 7) is 2.84. The van der Waals surface area contributed by atoms with Crippen LogP contribution >= 0.6 is 0 Å². The predicted molar refractivity (Wildman–Crippen MR) is 42.0 cm³/mol. The maximum atomic E-state index is 5.29. The molecule has 0 aromatic heterocycles. The zero-order chi connectivity index (χ0) is 8.10. The number of ether oxygens (including phenoxy) is 2. The molecule has 11 heavy (non-hydrogen) atoms. The third-order valence-corrected chi connectivity index (χ3v) is 1.59. The SMILES string of the molecule is C#CCOC1CN(C)CCO1. The van der Waals surface area contributed by atoms with E-state index in [4.69, 9.17) is 15.9 Å². The number of rotatable bonds is 2. The van der Waals surface area contributed by atoms with Crippen molar-refractivity contribution in [2.24, 2.45) is 0 Å². The molecular formula is C8H13NO2. The molecular weight excluding hydrogens is 142 g/mol. The molecule has 1 aliphatic heterocycles. The van der Waals surface area contributed by atoms with E-state index in [0.717, 1.165) is 19.7 Å². The van der Waals surface area contributed by atoms with Gasteiger partial charge < -0.3 is 9.47 Å². The van der Waals surface area contributed by atoms with Gasteiger partial charge in [-0.2, -0.15) is 0 Å². The van der Waals surface area contributed by atoms with Crippen molar-refractivity contribution in [3.8, 4) is 12.3 Å². The van der Waals surface area contributed by atoms with Crippen molar-refractivity contribution in [3.05, 3.63) is 0 Å². The molecule has 0 aromatic rings. The van der Waals surface area contributed by atoms with E-state index in [0.29, 0.717) is 6.61 Å². The lowest BCUT2D eigenvalue weighted by Gasteiger charge is -2.29. The summed E-state index contributed by atoms with van der Waals surface area (Å²) in [6, 6.07) is 0. The first kappa shape index (κ1) is 8.54. The lowest BCUT2D eigenvalue weighted by molar-refractivity contribution is -0.168. The highest BCUT2D eigenvalue weighted by atomic mass is 16.7. The van der Waals surface area contributed by atoms with Crippen molar-refractivity contribution in [2.45, 2.75) is 6.29 Å². The fourth-order valence-corrected chi connectivity index (χ4v) is 0.980. The number of nitrogens with zero attached hydrogens (tertiary/aromatic N) is 1. The zero-order valence-corrected chi connectivity index (χ0v) is 6.75. The third-order valence-electron chi connectivity index (χ3n) is 1.59. The molecule has 1 atom stereocenters. The minimum atomic E-state index is -0.134. The standard InChI is InChI=1S/C8H13NO2/c1-3-5-10-8-7-9(2)4-6-11-8/h1,8H,4-7H2,2H3. The second-order valence-corrected chi connectivity index (χ2v) is 2.58. The Balaban J connectivity index is 2.18. The Kier molecular flexibility index (Phi) is 3.37. The molecule has 0 aromatic carbocycles. The van der Waals surface area contributed by atoms with Crippen LogP contribution in [0.5, 0.6) is 0 Å². The van der Waals surface area contributed by atoms with Gasteiger partial charge in [0, 0.05) is 13.1 Å². The van der Waals surface area contributed by atoms with E-state index in [2.05, 4.69) is 10.8 Å². The van der Waals surface area contributed by atoms with Gasteiger partial charge in [-0.25, -0.2) is 0 Å². The first-order valence-corrected chi connectivity index (χ1v) is 3.68. The molecule has 1 fully saturated rings. The van der Waals surface area contributed by atoms with Crippen LogP contribution in [0.25, 0.3) is 0 Å². The van der Waals surface area contributed by atoms with Crippen LogP contribution in [0.1, 0.15) is 0 Å². The number of terminal acetylenes is 1. The van der Waals surface area contributed by atoms with Crippen molar-refractivity contribution >= 4 is 0 Å². The summed E-state index contributed by atoms with van der Waals surface area (Å²) in [5.74, 6) is 2.41. The van der Waals surface area contributed by atoms with E-state index < -0.39 is 0 Å². The van der Waals surface area contributed by atoms with E-state index >= 15 is 0 Å². The summed E-state index contributed by atoms with van der Waals surface area (Å²) in [5.41, 5.74) is 0. The molecule has 1 rings (SSSR count). The summed E-state index contributed by atoms with van der Waals surface area (Å²) in [7, 11) is 2.04. The molecule has 0 aliphatic carbocycles. The largest absolute Gasteiger partial charge is 0.350 e. The van der Waals surface area contributed by atoms with Crippen LogP contribution in [0.15, 0.2) is 0 Å². The van der Waals surface area contributed by atoms with Gasteiger partial charge in [0.15, 0.2) is 6.29 Å². The van der Waals surface area contributed by atoms with Crippen LogP contribution < -0.4 is 0 Å². The van der Waals surface area contributed by atoms with Crippen LogP contribution in [0.3, 0.4) is 0 Å². The summed E-state index contributed by atoms with van der Waals surface area (Å²) in [5, 5.41) is 0. The molecule has 1 heterocycles. The summed E-state index contributed by atoms with van der Waals surface area (Å²) in [4.78, 5) is 2.16. The number of likely N-dealkylation sites (N-methyl/N-ethyl adjacent to an activating group) is 1. The molecule has 1 aliphatic rings. The molecule has 1 unspecified atom stereocenters. The Morgan fingerprint density at radius 3 is 3.27 bits per heavy atom. The predicted octanol–water partition coefficient (Wildman–Crippen LogP) is -0.0757. The zero-order valence-electron chi connectivity index (χ0n) is 6.75. The van der Waals surface area contributed by atoms with Gasteiger partial charge in [0.05, 0.1) is 6.61 Å². The Morgan fingerprint density at radius 2 is 2.64 bits per heavy atom. The normalized spacial score (nSPS) is 26.4. The first-order chi connectivity index (χ1) is 5.33. The topological polar surface area (TPSA) is 21.7 Å². The van der Waals surface area contributed by atoms with E-state index in [1.54, 1.807) is 0 Å². The van der Waals surface area contributed by atoms with Gasteiger partial charge in [0.1, 0.15) is 6.61 Å². The average molecular weight is 155 g/mol. The highest BCUT2D eigenvalue weighted by Gasteiger charge is 2.16. The maximum Gasteiger partial charge on any atom is 0.171 e. The van der Waals surface area contributed by atoms with Crippen molar-refractivity contribution in [1.82, 2.24) is 4.90 Å².